The number of aromatic nitrogens is 2. The zero-order valence-electron chi connectivity index (χ0n) is 17.0. The van der Waals surface area contributed by atoms with Crippen molar-refractivity contribution < 1.29 is 27.1 Å². The molecular weight excluding hydrogens is 436 g/mol. The van der Waals surface area contributed by atoms with Crippen LogP contribution in [0.4, 0.5) is 6.01 Å². The summed E-state index contributed by atoms with van der Waals surface area (Å²) in [6.45, 7) is 1.24. The van der Waals surface area contributed by atoms with Crippen molar-refractivity contribution in [2.24, 2.45) is 0 Å². The molecule has 166 valence electrons. The molecule has 10 nitrogen and oxygen atoms in total. The van der Waals surface area contributed by atoms with E-state index in [4.69, 9.17) is 13.9 Å². The number of nitrogens with zero attached hydrogens (tertiary/aromatic N) is 3. The van der Waals surface area contributed by atoms with Crippen molar-refractivity contribution in [3.8, 4) is 11.5 Å². The van der Waals surface area contributed by atoms with Gasteiger partial charge in [0, 0.05) is 18.7 Å². The molecule has 3 aromatic rings. The van der Waals surface area contributed by atoms with Gasteiger partial charge in [0.2, 0.25) is 22.7 Å². The van der Waals surface area contributed by atoms with E-state index >= 15 is 0 Å². The second-order valence-corrected chi connectivity index (χ2v) is 9.39. The van der Waals surface area contributed by atoms with E-state index in [1.807, 2.05) is 18.2 Å². The molecule has 0 bridgehead atoms. The van der Waals surface area contributed by atoms with Gasteiger partial charge in [-0.05, 0) is 54.8 Å². The lowest BCUT2D eigenvalue weighted by molar-refractivity contribution is 0.102. The van der Waals surface area contributed by atoms with Gasteiger partial charge in [-0.2, -0.15) is 4.31 Å². The second-order valence-electron chi connectivity index (χ2n) is 7.46. The Morgan fingerprint density at radius 1 is 1.00 bits per heavy atom. The van der Waals surface area contributed by atoms with Crippen molar-refractivity contribution in [2.45, 2.75) is 24.2 Å². The Balaban J connectivity index is 1.23. The molecule has 3 heterocycles. The van der Waals surface area contributed by atoms with Gasteiger partial charge in [-0.15, -0.1) is 5.10 Å². The van der Waals surface area contributed by atoms with Crippen molar-refractivity contribution >= 4 is 21.9 Å². The molecule has 0 spiro atoms. The van der Waals surface area contributed by atoms with Crippen LogP contribution in [0.1, 0.15) is 34.7 Å². The summed E-state index contributed by atoms with van der Waals surface area (Å²) >= 11 is 0. The lowest BCUT2D eigenvalue weighted by Crippen LogP contribution is -2.27. The molecule has 5 rings (SSSR count). The molecule has 2 aromatic carbocycles. The minimum Gasteiger partial charge on any atom is -0.454 e. The van der Waals surface area contributed by atoms with Gasteiger partial charge in [0.15, 0.2) is 11.5 Å². The van der Waals surface area contributed by atoms with Gasteiger partial charge in [0.05, 0.1) is 11.3 Å². The summed E-state index contributed by atoms with van der Waals surface area (Å²) in [6.07, 6.45) is 2.09. The number of fused-ring (bicyclic) bond motifs is 1. The number of hydrogen-bond acceptors (Lipinski definition) is 8. The highest BCUT2D eigenvalue weighted by Gasteiger charge is 2.27. The third-order valence-corrected chi connectivity index (χ3v) is 7.21. The standard InChI is InChI=1S/C21H20N4O6S/c26-20(15-4-6-16(7-5-15)32(27,28)25-9-1-2-10-25)22-21-24-23-19(31-21)12-14-3-8-17-18(11-14)30-13-29-17/h3-8,11H,1-2,9-10,12-13H2,(H,22,24,26). The van der Waals surface area contributed by atoms with Crippen LogP contribution >= 0.6 is 0 Å². The van der Waals surface area contributed by atoms with Crippen LogP contribution < -0.4 is 14.8 Å². The number of benzene rings is 2. The average Bonchev–Trinajstić information content (AvgIpc) is 3.56. The predicted molar refractivity (Wildman–Crippen MR) is 112 cm³/mol. The van der Waals surface area contributed by atoms with Crippen LogP contribution in [0.25, 0.3) is 0 Å². The summed E-state index contributed by atoms with van der Waals surface area (Å²) in [6, 6.07) is 11.3. The van der Waals surface area contributed by atoms with Crippen LogP contribution in [-0.4, -0.2) is 48.7 Å². The fraction of sp³-hybridized carbons (Fsp3) is 0.286. The molecule has 0 radical (unpaired) electrons. The molecule has 11 heteroatoms. The maximum Gasteiger partial charge on any atom is 0.322 e. The maximum absolute atomic E-state index is 12.6. The Morgan fingerprint density at radius 2 is 1.75 bits per heavy atom. The first-order chi connectivity index (χ1) is 15.5. The summed E-state index contributed by atoms with van der Waals surface area (Å²) in [5.41, 5.74) is 1.17. The summed E-state index contributed by atoms with van der Waals surface area (Å²) in [4.78, 5) is 12.7. The molecule has 0 saturated carbocycles. The van der Waals surface area contributed by atoms with Crippen LogP contribution in [0.2, 0.25) is 0 Å². The van der Waals surface area contributed by atoms with E-state index < -0.39 is 15.9 Å². The molecule has 1 amide bonds. The number of nitrogens with one attached hydrogen (secondary N) is 1. The van der Waals surface area contributed by atoms with Crippen LogP contribution in [0.3, 0.4) is 0 Å². The monoisotopic (exact) mass is 456 g/mol. The molecule has 32 heavy (non-hydrogen) atoms. The lowest BCUT2D eigenvalue weighted by atomic mass is 10.1. The second kappa shape index (κ2) is 8.24. The number of ether oxygens (including phenoxy) is 2. The van der Waals surface area contributed by atoms with E-state index in [0.29, 0.717) is 36.9 Å². The van der Waals surface area contributed by atoms with Gasteiger partial charge in [-0.3, -0.25) is 10.1 Å². The molecule has 2 aliphatic rings. The summed E-state index contributed by atoms with van der Waals surface area (Å²) in [7, 11) is -3.53. The molecule has 1 aromatic heterocycles. The fourth-order valence-electron chi connectivity index (χ4n) is 3.63. The largest absolute Gasteiger partial charge is 0.454 e. The van der Waals surface area contributed by atoms with E-state index in [2.05, 4.69) is 15.5 Å². The van der Waals surface area contributed by atoms with Gasteiger partial charge in [0.25, 0.3) is 5.91 Å². The Kier molecular flexibility index (Phi) is 5.27. The Bertz CT molecular complexity index is 1250. The van der Waals surface area contributed by atoms with Crippen LogP contribution in [0.5, 0.6) is 11.5 Å². The Morgan fingerprint density at radius 3 is 2.53 bits per heavy atom. The number of anilines is 1. The molecule has 1 saturated heterocycles. The summed E-state index contributed by atoms with van der Waals surface area (Å²) in [5, 5.41) is 10.3. The predicted octanol–water partition coefficient (Wildman–Crippen LogP) is 2.43. The van der Waals surface area contributed by atoms with Crippen LogP contribution in [0, 0.1) is 0 Å². The highest BCUT2D eigenvalue weighted by Crippen LogP contribution is 2.33. The number of carbonyl (C=O) groups excluding carboxylic acids is 1. The number of rotatable bonds is 6. The van der Waals surface area contributed by atoms with Crippen LogP contribution in [0.15, 0.2) is 51.8 Å². The third kappa shape index (κ3) is 4.04. The minimum absolute atomic E-state index is 0.0421. The van der Waals surface area contributed by atoms with Gasteiger partial charge in [-0.1, -0.05) is 11.2 Å². The van der Waals surface area contributed by atoms with E-state index in [1.54, 1.807) is 0 Å². The minimum atomic E-state index is -3.53. The highest BCUT2D eigenvalue weighted by atomic mass is 32.2. The zero-order valence-corrected chi connectivity index (χ0v) is 17.8. The molecular formula is C21H20N4O6S. The van der Waals surface area contributed by atoms with Crippen molar-refractivity contribution in [1.29, 1.82) is 0 Å². The highest BCUT2D eigenvalue weighted by molar-refractivity contribution is 7.89. The smallest absolute Gasteiger partial charge is 0.322 e. The fourth-order valence-corrected chi connectivity index (χ4v) is 5.14. The maximum atomic E-state index is 12.6. The lowest BCUT2D eigenvalue weighted by Gasteiger charge is -2.15. The quantitative estimate of drug-likeness (QED) is 0.600. The first kappa shape index (κ1) is 20.5. The van der Waals surface area contributed by atoms with E-state index in [9.17, 15) is 13.2 Å². The molecule has 0 aliphatic carbocycles. The molecule has 0 atom stereocenters. The average molecular weight is 456 g/mol. The molecule has 1 fully saturated rings. The molecule has 0 unspecified atom stereocenters. The van der Waals surface area contributed by atoms with Crippen molar-refractivity contribution in [1.82, 2.24) is 14.5 Å². The Labute approximate surface area is 184 Å². The summed E-state index contributed by atoms with van der Waals surface area (Å²) < 4.78 is 42.8. The van der Waals surface area contributed by atoms with E-state index in [1.165, 1.54) is 28.6 Å². The normalized spacial score (nSPS) is 15.8. The SMILES string of the molecule is O=C(Nc1nnc(Cc2ccc3c(c2)OCO3)o1)c1ccc(S(=O)(=O)N2CCCC2)cc1. The summed E-state index contributed by atoms with van der Waals surface area (Å²) in [5.74, 6) is 1.19. The van der Waals surface area contributed by atoms with E-state index in [0.717, 1.165) is 18.4 Å². The molecule has 1 N–H and O–H groups in total. The van der Waals surface area contributed by atoms with Crippen LogP contribution in [-0.2, 0) is 16.4 Å². The van der Waals surface area contributed by atoms with Gasteiger partial charge in [-0.25, -0.2) is 8.42 Å². The first-order valence-electron chi connectivity index (χ1n) is 10.1. The van der Waals surface area contributed by atoms with Crippen molar-refractivity contribution in [3.63, 3.8) is 0 Å². The number of carbonyl (C=O) groups is 1. The third-order valence-electron chi connectivity index (χ3n) is 5.30. The number of amides is 1. The zero-order chi connectivity index (χ0) is 22.1. The molecule has 2 aliphatic heterocycles. The van der Waals surface area contributed by atoms with Gasteiger partial charge >= 0.3 is 6.01 Å². The van der Waals surface area contributed by atoms with Crippen molar-refractivity contribution in [3.05, 3.63) is 59.5 Å². The van der Waals surface area contributed by atoms with Gasteiger partial charge < -0.3 is 13.9 Å². The van der Waals surface area contributed by atoms with Gasteiger partial charge in [0.1, 0.15) is 0 Å². The Hall–Kier alpha value is -3.44. The first-order valence-corrected chi connectivity index (χ1v) is 11.6. The van der Waals surface area contributed by atoms with E-state index in [-0.39, 0.29) is 23.3 Å². The van der Waals surface area contributed by atoms with Crippen molar-refractivity contribution in [2.75, 3.05) is 25.2 Å². The number of hydrogen-bond donors (Lipinski definition) is 1. The number of sulfonamides is 1. The topological polar surface area (TPSA) is 124 Å².